The third-order valence-corrected chi connectivity index (χ3v) is 6.19. The van der Waals surface area contributed by atoms with Crippen LogP contribution in [0.1, 0.15) is 18.4 Å². The molecule has 2 bridgehead atoms. The molecule has 1 aromatic carbocycles. The number of nitrogens with two attached hydrogens (primary N) is 1. The number of sulfone groups is 1. The second-order valence-electron chi connectivity index (χ2n) is 5.48. The summed E-state index contributed by atoms with van der Waals surface area (Å²) in [7, 11) is -3.21. The van der Waals surface area contributed by atoms with Gasteiger partial charge in [0.2, 0.25) is 5.91 Å². The van der Waals surface area contributed by atoms with Crippen molar-refractivity contribution in [3.8, 4) is 0 Å². The second-order valence-corrected chi connectivity index (χ2v) is 7.71. The summed E-state index contributed by atoms with van der Waals surface area (Å²) < 4.78 is 23.5. The van der Waals surface area contributed by atoms with Crippen molar-refractivity contribution in [1.82, 2.24) is 0 Å². The van der Waals surface area contributed by atoms with Gasteiger partial charge in [-0.3, -0.25) is 4.79 Å². The first-order chi connectivity index (χ1) is 9.53. The first-order valence-corrected chi connectivity index (χ1v) is 8.58. The van der Waals surface area contributed by atoms with Crippen molar-refractivity contribution in [3.05, 3.63) is 29.8 Å². The van der Waals surface area contributed by atoms with Gasteiger partial charge >= 0.3 is 0 Å². The maximum absolute atomic E-state index is 12.2. The summed E-state index contributed by atoms with van der Waals surface area (Å²) in [4.78, 5) is 13.9. The Morgan fingerprint density at radius 3 is 2.80 bits per heavy atom. The first-order valence-electron chi connectivity index (χ1n) is 6.86. The van der Waals surface area contributed by atoms with E-state index in [-0.39, 0.29) is 17.7 Å². The summed E-state index contributed by atoms with van der Waals surface area (Å²) in [5.41, 5.74) is 7.45. The summed E-state index contributed by atoms with van der Waals surface area (Å²) >= 11 is 0. The number of carbonyl (C=O) groups excluding carboxylic acids is 1. The molecular formula is C14H18N2O3S. The zero-order chi connectivity index (χ0) is 14.3. The van der Waals surface area contributed by atoms with E-state index in [1.807, 2.05) is 24.3 Å². The molecule has 2 heterocycles. The van der Waals surface area contributed by atoms with Gasteiger partial charge in [0.15, 0.2) is 9.84 Å². The van der Waals surface area contributed by atoms with E-state index in [4.69, 9.17) is 5.73 Å². The Labute approximate surface area is 118 Å². The second kappa shape index (κ2) is 4.86. The van der Waals surface area contributed by atoms with Gasteiger partial charge in [-0.2, -0.15) is 0 Å². The van der Waals surface area contributed by atoms with E-state index >= 15 is 0 Å². The highest BCUT2D eigenvalue weighted by molar-refractivity contribution is 7.93. The molecule has 1 amide bonds. The number of hydrogen-bond acceptors (Lipinski definition) is 4. The van der Waals surface area contributed by atoms with Crippen molar-refractivity contribution >= 4 is 21.4 Å². The zero-order valence-corrected chi connectivity index (χ0v) is 12.0. The van der Waals surface area contributed by atoms with Crippen molar-refractivity contribution in [1.29, 1.82) is 0 Å². The van der Waals surface area contributed by atoms with Crippen LogP contribution in [0.3, 0.4) is 0 Å². The van der Waals surface area contributed by atoms with E-state index in [9.17, 15) is 13.2 Å². The quantitative estimate of drug-likeness (QED) is 0.876. The van der Waals surface area contributed by atoms with Crippen molar-refractivity contribution in [2.45, 2.75) is 30.6 Å². The maximum Gasteiger partial charge on any atom is 0.245 e. The molecule has 1 aromatic rings. The van der Waals surface area contributed by atoms with E-state index in [2.05, 4.69) is 0 Å². The molecular weight excluding hydrogens is 276 g/mol. The molecule has 0 aliphatic carbocycles. The number of carbonyl (C=O) groups is 1. The third kappa shape index (κ3) is 2.13. The van der Waals surface area contributed by atoms with E-state index in [0.29, 0.717) is 13.0 Å². The number of fused-ring (bicyclic) bond motifs is 2. The molecule has 108 valence electrons. The molecule has 2 atom stereocenters. The predicted molar refractivity (Wildman–Crippen MR) is 77.3 cm³/mol. The third-order valence-electron chi connectivity index (χ3n) is 4.08. The molecule has 2 unspecified atom stereocenters. The Hall–Kier alpha value is -1.40. The number of anilines is 1. The Morgan fingerprint density at radius 2 is 2.15 bits per heavy atom. The van der Waals surface area contributed by atoms with Gasteiger partial charge in [-0.1, -0.05) is 12.1 Å². The van der Waals surface area contributed by atoms with Crippen LogP contribution in [0.15, 0.2) is 24.3 Å². The molecule has 2 fully saturated rings. The van der Waals surface area contributed by atoms with Gasteiger partial charge in [0.25, 0.3) is 0 Å². The summed E-state index contributed by atoms with van der Waals surface area (Å²) in [5.74, 6) is -0.173. The number of amides is 1. The summed E-state index contributed by atoms with van der Waals surface area (Å²) in [6.07, 6.45) is 2.21. The average Bonchev–Trinajstić information content (AvgIpc) is 2.89. The predicted octanol–water partition coefficient (Wildman–Crippen LogP) is 0.480. The van der Waals surface area contributed by atoms with Crippen LogP contribution in [0, 0.1) is 0 Å². The molecule has 0 spiro atoms. The molecule has 0 saturated carbocycles. The number of benzene rings is 1. The van der Waals surface area contributed by atoms with Gasteiger partial charge in [-0.15, -0.1) is 0 Å². The van der Waals surface area contributed by atoms with Crippen LogP contribution >= 0.6 is 0 Å². The molecule has 5 nitrogen and oxygen atoms in total. The minimum absolute atomic E-state index is 0.0937. The lowest BCUT2D eigenvalue weighted by molar-refractivity contribution is -0.117. The van der Waals surface area contributed by atoms with Crippen LogP contribution in [0.2, 0.25) is 0 Å². The molecule has 2 saturated heterocycles. The van der Waals surface area contributed by atoms with E-state index in [0.717, 1.165) is 24.1 Å². The standard InChI is InChI=1S/C14H18N2O3S/c15-6-2-4-10-3-1-5-11(7-10)16-12-8-13(14(16)17)20(18,19)9-12/h1,3,5,7,12-13H,2,4,6,8-9,15H2. The van der Waals surface area contributed by atoms with Crippen molar-refractivity contribution < 1.29 is 13.2 Å². The fraction of sp³-hybridized carbons (Fsp3) is 0.500. The topological polar surface area (TPSA) is 80.5 Å². The van der Waals surface area contributed by atoms with Crippen LogP contribution in [0.5, 0.6) is 0 Å². The van der Waals surface area contributed by atoms with Crippen LogP contribution < -0.4 is 10.6 Å². The van der Waals surface area contributed by atoms with Crippen molar-refractivity contribution in [2.75, 3.05) is 17.2 Å². The van der Waals surface area contributed by atoms with Gasteiger partial charge in [0.05, 0.1) is 11.8 Å². The van der Waals surface area contributed by atoms with Gasteiger partial charge < -0.3 is 10.6 Å². The summed E-state index contributed by atoms with van der Waals surface area (Å²) in [6, 6.07) is 7.57. The Balaban J connectivity index is 1.86. The Morgan fingerprint density at radius 1 is 1.35 bits per heavy atom. The van der Waals surface area contributed by atoms with Gasteiger partial charge in [-0.05, 0) is 43.5 Å². The van der Waals surface area contributed by atoms with Crippen LogP contribution in [-0.2, 0) is 21.1 Å². The molecule has 2 N–H and O–H groups in total. The monoisotopic (exact) mass is 294 g/mol. The molecule has 3 rings (SSSR count). The van der Waals surface area contributed by atoms with E-state index < -0.39 is 15.1 Å². The highest BCUT2D eigenvalue weighted by atomic mass is 32.2. The molecule has 2 aliphatic rings. The highest BCUT2D eigenvalue weighted by Gasteiger charge is 2.54. The minimum Gasteiger partial charge on any atom is -0.330 e. The number of aryl methyl sites for hydroxylation is 1. The Bertz CT molecular complexity index is 642. The number of hydrogen-bond donors (Lipinski definition) is 1. The molecule has 6 heteroatoms. The van der Waals surface area contributed by atoms with E-state index in [1.165, 1.54) is 0 Å². The summed E-state index contributed by atoms with van der Waals surface area (Å²) in [6.45, 7) is 0.635. The fourth-order valence-corrected chi connectivity index (χ4v) is 5.11. The van der Waals surface area contributed by atoms with Crippen molar-refractivity contribution in [3.63, 3.8) is 0 Å². The molecule has 20 heavy (non-hydrogen) atoms. The van der Waals surface area contributed by atoms with Gasteiger partial charge in [0, 0.05) is 5.69 Å². The molecule has 0 aromatic heterocycles. The van der Waals surface area contributed by atoms with Crippen molar-refractivity contribution in [2.24, 2.45) is 5.73 Å². The number of nitrogens with zero attached hydrogens (tertiary/aromatic N) is 1. The van der Waals surface area contributed by atoms with Crippen LogP contribution in [-0.4, -0.2) is 37.9 Å². The van der Waals surface area contributed by atoms with Gasteiger partial charge in [-0.25, -0.2) is 8.42 Å². The van der Waals surface area contributed by atoms with Crippen LogP contribution in [0.4, 0.5) is 5.69 Å². The lowest BCUT2D eigenvalue weighted by atomic mass is 10.1. The summed E-state index contributed by atoms with van der Waals surface area (Å²) in [5, 5.41) is -0.819. The minimum atomic E-state index is -3.21. The lowest BCUT2D eigenvalue weighted by Gasteiger charge is -2.27. The first kappa shape index (κ1) is 13.6. The maximum atomic E-state index is 12.2. The van der Waals surface area contributed by atoms with Gasteiger partial charge in [0.1, 0.15) is 5.25 Å². The zero-order valence-electron chi connectivity index (χ0n) is 11.2. The average molecular weight is 294 g/mol. The smallest absolute Gasteiger partial charge is 0.245 e. The normalized spacial score (nSPS) is 27.2. The molecule has 2 aliphatic heterocycles. The fourth-order valence-electron chi connectivity index (χ4n) is 3.12. The van der Waals surface area contributed by atoms with E-state index in [1.54, 1.807) is 4.90 Å². The SMILES string of the molecule is NCCCc1cccc(N2C(=O)C3CC2CS3(=O)=O)c1. The molecule has 0 radical (unpaired) electrons. The van der Waals surface area contributed by atoms with Crippen LogP contribution in [0.25, 0.3) is 0 Å². The highest BCUT2D eigenvalue weighted by Crippen LogP contribution is 2.37. The number of rotatable bonds is 4. The Kier molecular flexibility index (Phi) is 3.30. The lowest BCUT2D eigenvalue weighted by Crippen LogP contribution is -2.45. The largest absolute Gasteiger partial charge is 0.330 e.